The van der Waals surface area contributed by atoms with Crippen molar-refractivity contribution in [3.63, 3.8) is 0 Å². The third kappa shape index (κ3) is 5.35. The highest BCUT2D eigenvalue weighted by Crippen LogP contribution is 2.28. The maximum atomic E-state index is 12.2. The SMILES string of the molecule is Cc1ncc(-c2ccccn2)c(-c2ccc(CNC(=O)CCCN3CCCC3=O)cc2)n1. The molecule has 0 bridgehead atoms. The summed E-state index contributed by atoms with van der Waals surface area (Å²) < 4.78 is 0. The van der Waals surface area contributed by atoms with Gasteiger partial charge in [0, 0.05) is 56.0 Å². The Morgan fingerprint density at radius 3 is 2.69 bits per heavy atom. The fourth-order valence-electron chi connectivity index (χ4n) is 3.84. The maximum absolute atomic E-state index is 12.2. The molecule has 7 heteroatoms. The first-order valence-corrected chi connectivity index (χ1v) is 11.0. The van der Waals surface area contributed by atoms with Gasteiger partial charge in [0.25, 0.3) is 0 Å². The monoisotopic (exact) mass is 429 g/mol. The minimum atomic E-state index is 0.00425. The first kappa shape index (κ1) is 21.6. The Morgan fingerprint density at radius 2 is 1.97 bits per heavy atom. The van der Waals surface area contributed by atoms with Crippen LogP contribution in [0.15, 0.2) is 54.9 Å². The van der Waals surface area contributed by atoms with Gasteiger partial charge in [0.1, 0.15) is 5.82 Å². The predicted molar refractivity (Wildman–Crippen MR) is 122 cm³/mol. The van der Waals surface area contributed by atoms with E-state index in [-0.39, 0.29) is 11.8 Å². The Morgan fingerprint density at radius 1 is 1.12 bits per heavy atom. The molecule has 2 amide bonds. The van der Waals surface area contributed by atoms with Gasteiger partial charge in [-0.25, -0.2) is 9.97 Å². The third-order valence-electron chi connectivity index (χ3n) is 5.57. The molecule has 0 unspecified atom stereocenters. The van der Waals surface area contributed by atoms with Gasteiger partial charge in [0.15, 0.2) is 0 Å². The maximum Gasteiger partial charge on any atom is 0.222 e. The number of amides is 2. The molecule has 3 aromatic rings. The lowest BCUT2D eigenvalue weighted by Gasteiger charge is -2.14. The molecule has 2 aromatic heterocycles. The first-order chi connectivity index (χ1) is 15.6. The number of aromatic nitrogens is 3. The zero-order valence-corrected chi connectivity index (χ0v) is 18.3. The van der Waals surface area contributed by atoms with Crippen LogP contribution < -0.4 is 5.32 Å². The number of hydrogen-bond acceptors (Lipinski definition) is 5. The summed E-state index contributed by atoms with van der Waals surface area (Å²) >= 11 is 0. The minimum absolute atomic E-state index is 0.00425. The second-order valence-corrected chi connectivity index (χ2v) is 7.96. The van der Waals surface area contributed by atoms with Crippen molar-refractivity contribution in [2.24, 2.45) is 0 Å². The molecule has 7 nitrogen and oxygen atoms in total. The number of carbonyl (C=O) groups excluding carboxylic acids is 2. The van der Waals surface area contributed by atoms with Gasteiger partial charge < -0.3 is 10.2 Å². The zero-order chi connectivity index (χ0) is 22.3. The Bertz CT molecular complexity index is 1080. The first-order valence-electron chi connectivity index (χ1n) is 11.0. The molecular weight excluding hydrogens is 402 g/mol. The van der Waals surface area contributed by atoms with Gasteiger partial charge in [-0.15, -0.1) is 0 Å². The Hall–Kier alpha value is -3.61. The summed E-state index contributed by atoms with van der Waals surface area (Å²) in [5.74, 6) is 0.909. The van der Waals surface area contributed by atoms with Gasteiger partial charge in [-0.1, -0.05) is 30.3 Å². The van der Waals surface area contributed by atoms with Crippen LogP contribution in [-0.4, -0.2) is 44.8 Å². The normalized spacial score (nSPS) is 13.4. The number of benzene rings is 1. The number of hydrogen-bond donors (Lipinski definition) is 1. The van der Waals surface area contributed by atoms with E-state index in [9.17, 15) is 9.59 Å². The smallest absolute Gasteiger partial charge is 0.222 e. The molecule has 0 aliphatic carbocycles. The summed E-state index contributed by atoms with van der Waals surface area (Å²) in [4.78, 5) is 39.1. The molecule has 4 rings (SSSR count). The van der Waals surface area contributed by atoms with Gasteiger partial charge in [0.2, 0.25) is 11.8 Å². The highest BCUT2D eigenvalue weighted by molar-refractivity contribution is 5.79. The van der Waals surface area contributed by atoms with Crippen LogP contribution >= 0.6 is 0 Å². The van der Waals surface area contributed by atoms with E-state index in [1.54, 1.807) is 6.20 Å². The fourth-order valence-corrected chi connectivity index (χ4v) is 3.84. The summed E-state index contributed by atoms with van der Waals surface area (Å²) in [6.07, 6.45) is 6.26. The van der Waals surface area contributed by atoms with Gasteiger partial charge in [-0.05, 0) is 37.5 Å². The largest absolute Gasteiger partial charge is 0.352 e. The van der Waals surface area contributed by atoms with Gasteiger partial charge in [0.05, 0.1) is 11.4 Å². The number of aryl methyl sites for hydroxylation is 1. The average Bonchev–Trinajstić information content (AvgIpc) is 3.23. The Balaban J connectivity index is 1.35. The van der Waals surface area contributed by atoms with Crippen molar-refractivity contribution < 1.29 is 9.59 Å². The van der Waals surface area contributed by atoms with E-state index in [4.69, 9.17) is 0 Å². The standard InChI is InChI=1S/C25H27N5O2/c1-18-27-17-21(22-6-2-3-13-26-22)25(29-18)20-11-9-19(10-12-20)16-28-23(31)7-4-14-30-15-5-8-24(30)32/h2-3,6,9-13,17H,4-5,7-8,14-16H2,1H3,(H,28,31). The van der Waals surface area contributed by atoms with Crippen LogP contribution in [0.4, 0.5) is 0 Å². The number of nitrogens with zero attached hydrogens (tertiary/aromatic N) is 4. The molecule has 1 aliphatic rings. The number of likely N-dealkylation sites (tertiary alicyclic amines) is 1. The van der Waals surface area contributed by atoms with Crippen molar-refractivity contribution in [3.8, 4) is 22.5 Å². The van der Waals surface area contributed by atoms with E-state index in [2.05, 4.69) is 20.3 Å². The van der Waals surface area contributed by atoms with Crippen molar-refractivity contribution in [3.05, 3.63) is 66.2 Å². The van der Waals surface area contributed by atoms with Crippen LogP contribution in [0.1, 0.15) is 37.1 Å². The molecule has 1 aliphatic heterocycles. The lowest BCUT2D eigenvalue weighted by atomic mass is 10.0. The molecule has 0 atom stereocenters. The van der Waals surface area contributed by atoms with Gasteiger partial charge >= 0.3 is 0 Å². The molecule has 1 fully saturated rings. The molecule has 32 heavy (non-hydrogen) atoms. The van der Waals surface area contributed by atoms with Crippen molar-refractivity contribution in [2.75, 3.05) is 13.1 Å². The molecule has 0 radical (unpaired) electrons. The van der Waals surface area contributed by atoms with Crippen LogP contribution in [-0.2, 0) is 16.1 Å². The number of pyridine rings is 1. The summed E-state index contributed by atoms with van der Waals surface area (Å²) in [5.41, 5.74) is 4.54. The Kier molecular flexibility index (Phi) is 6.84. The van der Waals surface area contributed by atoms with Crippen molar-refractivity contribution >= 4 is 11.8 Å². The third-order valence-corrected chi connectivity index (χ3v) is 5.57. The quantitative estimate of drug-likeness (QED) is 0.592. The van der Waals surface area contributed by atoms with Crippen LogP contribution in [0.2, 0.25) is 0 Å². The molecule has 1 saturated heterocycles. The lowest BCUT2D eigenvalue weighted by Crippen LogP contribution is -2.28. The van der Waals surface area contributed by atoms with Crippen LogP contribution in [0, 0.1) is 6.92 Å². The van der Waals surface area contributed by atoms with Gasteiger partial charge in [-0.3, -0.25) is 14.6 Å². The molecule has 1 aromatic carbocycles. The Labute approximate surface area is 187 Å². The van der Waals surface area contributed by atoms with Crippen LogP contribution in [0.3, 0.4) is 0 Å². The van der Waals surface area contributed by atoms with E-state index in [0.29, 0.717) is 38.2 Å². The van der Waals surface area contributed by atoms with Crippen molar-refractivity contribution in [1.82, 2.24) is 25.2 Å². The molecule has 0 saturated carbocycles. The molecular formula is C25H27N5O2. The second kappa shape index (κ2) is 10.1. The van der Waals surface area contributed by atoms with E-state index >= 15 is 0 Å². The number of carbonyl (C=O) groups is 2. The second-order valence-electron chi connectivity index (χ2n) is 7.96. The van der Waals surface area contributed by atoms with E-state index in [1.165, 1.54) is 0 Å². The van der Waals surface area contributed by atoms with Crippen LogP contribution in [0.5, 0.6) is 0 Å². The average molecular weight is 430 g/mol. The molecule has 3 heterocycles. The number of nitrogens with one attached hydrogen (secondary N) is 1. The molecule has 1 N–H and O–H groups in total. The lowest BCUT2D eigenvalue weighted by molar-refractivity contribution is -0.128. The summed E-state index contributed by atoms with van der Waals surface area (Å²) in [5, 5.41) is 2.96. The van der Waals surface area contributed by atoms with Crippen molar-refractivity contribution in [1.29, 1.82) is 0 Å². The van der Waals surface area contributed by atoms with Gasteiger partial charge in [-0.2, -0.15) is 0 Å². The summed E-state index contributed by atoms with van der Waals surface area (Å²) in [6.45, 7) is 3.82. The fraction of sp³-hybridized carbons (Fsp3) is 0.320. The summed E-state index contributed by atoms with van der Waals surface area (Å²) in [7, 11) is 0. The zero-order valence-electron chi connectivity index (χ0n) is 18.3. The van der Waals surface area contributed by atoms with E-state index in [1.807, 2.05) is 60.5 Å². The van der Waals surface area contributed by atoms with Crippen LogP contribution in [0.25, 0.3) is 22.5 Å². The van der Waals surface area contributed by atoms with E-state index in [0.717, 1.165) is 41.0 Å². The van der Waals surface area contributed by atoms with E-state index < -0.39 is 0 Å². The highest BCUT2D eigenvalue weighted by Gasteiger charge is 2.19. The predicted octanol–water partition coefficient (Wildman–Crippen LogP) is 3.53. The number of rotatable bonds is 8. The van der Waals surface area contributed by atoms with Crippen molar-refractivity contribution in [2.45, 2.75) is 39.2 Å². The molecule has 0 spiro atoms. The summed E-state index contributed by atoms with van der Waals surface area (Å²) in [6, 6.07) is 13.8. The minimum Gasteiger partial charge on any atom is -0.352 e. The molecule has 164 valence electrons. The topological polar surface area (TPSA) is 88.1 Å². The highest BCUT2D eigenvalue weighted by atomic mass is 16.2.